The number of nitrogens with zero attached hydrogens (tertiary/aromatic N) is 2. The van der Waals surface area contributed by atoms with Crippen LogP contribution in [-0.4, -0.2) is 26.8 Å². The lowest BCUT2D eigenvalue weighted by Crippen LogP contribution is -2.49. The van der Waals surface area contributed by atoms with Crippen molar-refractivity contribution < 1.29 is 4.79 Å². The average molecular weight is 415 g/mol. The van der Waals surface area contributed by atoms with E-state index in [1.165, 1.54) is 0 Å². The van der Waals surface area contributed by atoms with Gasteiger partial charge in [-0.05, 0) is 35.4 Å². The fourth-order valence-electron chi connectivity index (χ4n) is 3.45. The molecule has 144 valence electrons. The van der Waals surface area contributed by atoms with E-state index in [4.69, 9.17) is 23.2 Å². The summed E-state index contributed by atoms with van der Waals surface area (Å²) in [7, 11) is 0. The van der Waals surface area contributed by atoms with Crippen LogP contribution in [0, 0.1) is 0 Å². The largest absolute Gasteiger partial charge is 0.351 e. The molecule has 0 bridgehead atoms. The van der Waals surface area contributed by atoms with Gasteiger partial charge in [-0.2, -0.15) is 0 Å². The van der Waals surface area contributed by atoms with Gasteiger partial charge in [-0.25, -0.2) is 4.98 Å². The molecule has 5 nitrogen and oxygen atoms in total. The molecule has 7 heteroatoms. The SMILES string of the molecule is O=C(NCc1ccc(Cl)cc1)C1Cc2nc[nH]c2CN1Cc1ccc(Cl)cc1. The molecule has 2 heterocycles. The van der Waals surface area contributed by atoms with Crippen LogP contribution < -0.4 is 5.32 Å². The number of benzene rings is 2. The van der Waals surface area contributed by atoms with Crippen molar-refractivity contribution >= 4 is 29.1 Å². The number of fused-ring (bicyclic) bond motifs is 1. The van der Waals surface area contributed by atoms with Gasteiger partial charge in [-0.15, -0.1) is 0 Å². The molecule has 2 N–H and O–H groups in total. The molecule has 1 aliphatic heterocycles. The molecule has 3 aromatic rings. The lowest BCUT2D eigenvalue weighted by Gasteiger charge is -2.34. The van der Waals surface area contributed by atoms with Gasteiger partial charge >= 0.3 is 0 Å². The summed E-state index contributed by atoms with van der Waals surface area (Å²) < 4.78 is 0. The van der Waals surface area contributed by atoms with Gasteiger partial charge in [0.05, 0.1) is 23.8 Å². The molecule has 0 saturated carbocycles. The Hall–Kier alpha value is -2.34. The molecule has 0 spiro atoms. The Morgan fingerprint density at radius 2 is 1.71 bits per heavy atom. The number of imidazole rings is 1. The molecule has 0 saturated heterocycles. The fourth-order valence-corrected chi connectivity index (χ4v) is 3.70. The lowest BCUT2D eigenvalue weighted by molar-refractivity contribution is -0.127. The number of carbonyl (C=O) groups is 1. The number of halogens is 2. The lowest BCUT2D eigenvalue weighted by atomic mass is 10.0. The standard InChI is InChI=1S/C21H20Cl2N4O/c22-16-5-1-14(2-6-16)10-24-21(28)20-9-18-19(26-13-25-18)12-27(20)11-15-3-7-17(23)8-4-15/h1-8,13,20H,9-12H2,(H,24,28)(H,25,26). The predicted molar refractivity (Wildman–Crippen MR) is 110 cm³/mol. The van der Waals surface area contributed by atoms with E-state index in [9.17, 15) is 4.79 Å². The normalized spacial score (nSPS) is 16.6. The first kappa shape index (κ1) is 19.0. The Labute approximate surface area is 173 Å². The average Bonchev–Trinajstić information content (AvgIpc) is 3.16. The van der Waals surface area contributed by atoms with Crippen LogP contribution >= 0.6 is 23.2 Å². The number of nitrogens with one attached hydrogen (secondary N) is 2. The summed E-state index contributed by atoms with van der Waals surface area (Å²) in [4.78, 5) is 22.7. The number of hydrogen-bond acceptors (Lipinski definition) is 3. The van der Waals surface area contributed by atoms with Gasteiger partial charge in [-0.1, -0.05) is 47.5 Å². The molecule has 0 radical (unpaired) electrons. The summed E-state index contributed by atoms with van der Waals surface area (Å²) in [6, 6.07) is 14.9. The van der Waals surface area contributed by atoms with E-state index < -0.39 is 0 Å². The fraction of sp³-hybridized carbons (Fsp3) is 0.238. The van der Waals surface area contributed by atoms with Gasteiger partial charge < -0.3 is 10.3 Å². The summed E-state index contributed by atoms with van der Waals surface area (Å²) in [6.45, 7) is 1.78. The number of rotatable bonds is 5. The maximum atomic E-state index is 13.0. The highest BCUT2D eigenvalue weighted by Gasteiger charge is 2.32. The Morgan fingerprint density at radius 1 is 1.07 bits per heavy atom. The van der Waals surface area contributed by atoms with Crippen molar-refractivity contribution in [3.05, 3.63) is 87.4 Å². The molecule has 0 aliphatic carbocycles. The molecule has 1 atom stereocenters. The molecule has 28 heavy (non-hydrogen) atoms. The zero-order valence-corrected chi connectivity index (χ0v) is 16.7. The van der Waals surface area contributed by atoms with Gasteiger partial charge in [-0.3, -0.25) is 9.69 Å². The number of hydrogen-bond donors (Lipinski definition) is 2. The third kappa shape index (κ3) is 4.38. The van der Waals surface area contributed by atoms with Crippen LogP contribution in [0.5, 0.6) is 0 Å². The third-order valence-electron chi connectivity index (χ3n) is 4.98. The topological polar surface area (TPSA) is 61.0 Å². The number of aromatic amines is 1. The molecule has 4 rings (SSSR count). The van der Waals surface area contributed by atoms with Crippen molar-refractivity contribution in [2.24, 2.45) is 0 Å². The van der Waals surface area contributed by atoms with Crippen molar-refractivity contribution in [2.75, 3.05) is 0 Å². The molecule has 0 fully saturated rings. The maximum Gasteiger partial charge on any atom is 0.238 e. The van der Waals surface area contributed by atoms with E-state index in [2.05, 4.69) is 20.2 Å². The number of aromatic nitrogens is 2. The van der Waals surface area contributed by atoms with E-state index in [1.807, 2.05) is 48.5 Å². The van der Waals surface area contributed by atoms with Crippen LogP contribution in [0.25, 0.3) is 0 Å². The highest BCUT2D eigenvalue weighted by molar-refractivity contribution is 6.30. The summed E-state index contributed by atoms with van der Waals surface area (Å²) in [5.41, 5.74) is 4.15. The summed E-state index contributed by atoms with van der Waals surface area (Å²) in [5.74, 6) is -0.00226. The molecular weight excluding hydrogens is 395 g/mol. The second kappa shape index (κ2) is 8.35. The first-order valence-corrected chi connectivity index (χ1v) is 9.86. The smallest absolute Gasteiger partial charge is 0.238 e. The van der Waals surface area contributed by atoms with Crippen molar-refractivity contribution in [1.82, 2.24) is 20.2 Å². The summed E-state index contributed by atoms with van der Waals surface area (Å²) >= 11 is 11.9. The monoisotopic (exact) mass is 414 g/mol. The molecule has 1 amide bonds. The van der Waals surface area contributed by atoms with Crippen molar-refractivity contribution in [3.8, 4) is 0 Å². The van der Waals surface area contributed by atoms with E-state index >= 15 is 0 Å². The minimum atomic E-state index is -0.279. The second-order valence-electron chi connectivity index (χ2n) is 6.92. The number of amides is 1. The Kier molecular flexibility index (Phi) is 5.67. The minimum absolute atomic E-state index is 0.00226. The second-order valence-corrected chi connectivity index (χ2v) is 7.80. The van der Waals surface area contributed by atoms with Crippen LogP contribution in [0.1, 0.15) is 22.5 Å². The molecule has 1 unspecified atom stereocenters. The quantitative estimate of drug-likeness (QED) is 0.663. The van der Waals surface area contributed by atoms with E-state index in [1.54, 1.807) is 6.33 Å². The predicted octanol–water partition coefficient (Wildman–Crippen LogP) is 3.96. The molecular formula is C21H20Cl2N4O. The molecule has 2 aromatic carbocycles. The number of H-pyrrole nitrogens is 1. The maximum absolute atomic E-state index is 13.0. The van der Waals surface area contributed by atoms with Crippen molar-refractivity contribution in [2.45, 2.75) is 32.1 Å². The minimum Gasteiger partial charge on any atom is -0.351 e. The Balaban J connectivity index is 1.48. The van der Waals surface area contributed by atoms with E-state index in [0.717, 1.165) is 22.5 Å². The van der Waals surface area contributed by atoms with Gasteiger partial charge in [0.25, 0.3) is 0 Å². The van der Waals surface area contributed by atoms with Crippen molar-refractivity contribution in [3.63, 3.8) is 0 Å². The zero-order valence-electron chi connectivity index (χ0n) is 15.2. The summed E-state index contributed by atoms with van der Waals surface area (Å²) in [5, 5.41) is 4.44. The van der Waals surface area contributed by atoms with Crippen LogP contribution in [-0.2, 0) is 30.8 Å². The van der Waals surface area contributed by atoms with E-state index in [-0.39, 0.29) is 11.9 Å². The highest BCUT2D eigenvalue weighted by Crippen LogP contribution is 2.23. The molecule has 1 aromatic heterocycles. The first-order chi connectivity index (χ1) is 13.6. The van der Waals surface area contributed by atoms with Crippen LogP contribution in [0.2, 0.25) is 10.0 Å². The molecule has 1 aliphatic rings. The van der Waals surface area contributed by atoms with Gasteiger partial charge in [0.2, 0.25) is 5.91 Å². The Morgan fingerprint density at radius 3 is 2.39 bits per heavy atom. The van der Waals surface area contributed by atoms with E-state index in [0.29, 0.717) is 36.1 Å². The third-order valence-corrected chi connectivity index (χ3v) is 5.48. The van der Waals surface area contributed by atoms with Crippen LogP contribution in [0.15, 0.2) is 54.9 Å². The summed E-state index contributed by atoms with van der Waals surface area (Å²) in [6.07, 6.45) is 2.28. The highest BCUT2D eigenvalue weighted by atomic mass is 35.5. The first-order valence-electron chi connectivity index (χ1n) is 9.10. The van der Waals surface area contributed by atoms with Crippen molar-refractivity contribution in [1.29, 1.82) is 0 Å². The van der Waals surface area contributed by atoms with Crippen LogP contribution in [0.4, 0.5) is 0 Å². The Bertz CT molecular complexity index is 953. The van der Waals surface area contributed by atoms with Gasteiger partial charge in [0.1, 0.15) is 0 Å². The van der Waals surface area contributed by atoms with Gasteiger partial charge in [0.15, 0.2) is 0 Å². The van der Waals surface area contributed by atoms with Crippen LogP contribution in [0.3, 0.4) is 0 Å². The zero-order chi connectivity index (χ0) is 19.5. The van der Waals surface area contributed by atoms with Gasteiger partial charge in [0, 0.05) is 36.1 Å². The number of carbonyl (C=O) groups excluding carboxylic acids is 1.